The lowest BCUT2D eigenvalue weighted by molar-refractivity contribution is -0.132. The minimum atomic E-state index is -1.06. The van der Waals surface area contributed by atoms with Gasteiger partial charge in [0.1, 0.15) is 27.9 Å². The van der Waals surface area contributed by atoms with Gasteiger partial charge in [0.2, 0.25) is 0 Å². The maximum atomic E-state index is 13.6. The van der Waals surface area contributed by atoms with E-state index in [1.54, 1.807) is 67.6 Å². The number of esters is 1. The van der Waals surface area contributed by atoms with Crippen molar-refractivity contribution in [2.45, 2.75) is 32.9 Å². The summed E-state index contributed by atoms with van der Waals surface area (Å²) in [6, 6.07) is 21.6. The van der Waals surface area contributed by atoms with Crippen LogP contribution in [0.4, 0.5) is 5.13 Å². The second kappa shape index (κ2) is 11.9. The SMILES string of the molecule is COC(=O)c1sc(N2C(=O)C(=O)/C(=C(/O)c3ccc(OC(C)C)cc3)C2c2cccc(Oc3ccccc3)c2)nc1C. The van der Waals surface area contributed by atoms with Crippen LogP contribution >= 0.6 is 11.3 Å². The third kappa shape index (κ3) is 5.61. The smallest absolute Gasteiger partial charge is 0.350 e. The van der Waals surface area contributed by atoms with Crippen molar-refractivity contribution in [2.24, 2.45) is 0 Å². The van der Waals surface area contributed by atoms with Gasteiger partial charge in [-0.2, -0.15) is 0 Å². The molecule has 0 saturated carbocycles. The molecule has 3 aromatic carbocycles. The van der Waals surface area contributed by atoms with Crippen LogP contribution in [0, 0.1) is 6.92 Å². The molecule has 0 radical (unpaired) electrons. The lowest BCUT2D eigenvalue weighted by Crippen LogP contribution is -2.29. The Morgan fingerprint density at radius 2 is 1.64 bits per heavy atom. The number of hydrogen-bond acceptors (Lipinski definition) is 9. The number of benzene rings is 3. The van der Waals surface area contributed by atoms with Gasteiger partial charge in [0.15, 0.2) is 5.13 Å². The molecule has 1 N–H and O–H groups in total. The average molecular weight is 585 g/mol. The molecule has 0 bridgehead atoms. The summed E-state index contributed by atoms with van der Waals surface area (Å²) in [6.07, 6.45) is -0.0446. The predicted molar refractivity (Wildman–Crippen MR) is 158 cm³/mol. The number of aromatic nitrogens is 1. The number of aliphatic hydroxyl groups excluding tert-OH is 1. The lowest BCUT2D eigenvalue weighted by Gasteiger charge is -2.23. The molecule has 214 valence electrons. The third-order valence-corrected chi connectivity index (χ3v) is 7.60. The first-order valence-electron chi connectivity index (χ1n) is 13.1. The van der Waals surface area contributed by atoms with Crippen molar-refractivity contribution in [1.82, 2.24) is 4.98 Å². The van der Waals surface area contributed by atoms with E-state index in [1.807, 2.05) is 32.0 Å². The highest BCUT2D eigenvalue weighted by Crippen LogP contribution is 2.44. The van der Waals surface area contributed by atoms with Crippen molar-refractivity contribution in [3.8, 4) is 17.2 Å². The second-order valence-electron chi connectivity index (χ2n) is 9.75. The summed E-state index contributed by atoms with van der Waals surface area (Å²) >= 11 is 0.933. The normalized spacial score (nSPS) is 16.1. The fourth-order valence-electron chi connectivity index (χ4n) is 4.60. The van der Waals surface area contributed by atoms with Crippen LogP contribution in [0.25, 0.3) is 5.76 Å². The Balaban J connectivity index is 1.64. The van der Waals surface area contributed by atoms with Crippen molar-refractivity contribution in [2.75, 3.05) is 12.0 Å². The van der Waals surface area contributed by atoms with E-state index >= 15 is 0 Å². The Morgan fingerprint density at radius 1 is 0.952 bits per heavy atom. The average Bonchev–Trinajstić information content (AvgIpc) is 3.49. The summed E-state index contributed by atoms with van der Waals surface area (Å²) in [6.45, 7) is 5.42. The Kier molecular flexibility index (Phi) is 8.08. The molecule has 1 aliphatic heterocycles. The summed E-state index contributed by atoms with van der Waals surface area (Å²) in [5.74, 6) is -1.07. The quantitative estimate of drug-likeness (QED) is 0.109. The Morgan fingerprint density at radius 3 is 2.31 bits per heavy atom. The van der Waals surface area contributed by atoms with Crippen LogP contribution in [0.2, 0.25) is 0 Å². The van der Waals surface area contributed by atoms with E-state index in [2.05, 4.69) is 4.98 Å². The molecule has 1 aromatic heterocycles. The van der Waals surface area contributed by atoms with E-state index in [4.69, 9.17) is 14.2 Å². The largest absolute Gasteiger partial charge is 0.507 e. The molecule has 9 nitrogen and oxygen atoms in total. The van der Waals surface area contributed by atoms with Crippen LogP contribution < -0.4 is 14.4 Å². The first kappa shape index (κ1) is 28.6. The van der Waals surface area contributed by atoms with Gasteiger partial charge in [0.05, 0.1) is 30.5 Å². The number of thiazole rings is 1. The number of ether oxygens (including phenoxy) is 3. The number of aliphatic hydroxyl groups is 1. The van der Waals surface area contributed by atoms with Crippen molar-refractivity contribution in [1.29, 1.82) is 0 Å². The number of methoxy groups -OCH3 is 1. The van der Waals surface area contributed by atoms with Gasteiger partial charge in [-0.1, -0.05) is 41.7 Å². The maximum absolute atomic E-state index is 13.6. The molecule has 1 amide bonds. The van der Waals surface area contributed by atoms with Gasteiger partial charge in [-0.25, -0.2) is 9.78 Å². The number of nitrogens with zero attached hydrogens (tertiary/aromatic N) is 2. The fourth-order valence-corrected chi connectivity index (χ4v) is 5.62. The molecule has 1 unspecified atom stereocenters. The standard InChI is InChI=1S/C32H28N2O7S/c1-18(2)40-23-15-13-20(14-16-23)27(35)25-26(21-9-8-12-24(17-21)41-22-10-6-5-7-11-22)34(30(37)28(25)36)32-33-19(3)29(42-32)31(38)39-4/h5-18,26,35H,1-4H3/b27-25+. The van der Waals surface area contributed by atoms with Crippen molar-refractivity contribution in [3.05, 3.63) is 106 Å². The van der Waals surface area contributed by atoms with E-state index in [0.717, 1.165) is 11.3 Å². The highest BCUT2D eigenvalue weighted by molar-refractivity contribution is 7.17. The highest BCUT2D eigenvalue weighted by atomic mass is 32.1. The molecular weight excluding hydrogens is 556 g/mol. The zero-order valence-electron chi connectivity index (χ0n) is 23.4. The van der Waals surface area contributed by atoms with Crippen LogP contribution in [0.1, 0.15) is 46.4 Å². The maximum Gasteiger partial charge on any atom is 0.350 e. The number of para-hydroxylation sites is 1. The van der Waals surface area contributed by atoms with Gasteiger partial charge in [0.25, 0.3) is 5.78 Å². The molecule has 1 saturated heterocycles. The molecule has 5 rings (SSSR count). The number of ketones is 1. The summed E-state index contributed by atoms with van der Waals surface area (Å²) in [4.78, 5) is 45.3. The van der Waals surface area contributed by atoms with Crippen LogP contribution in [0.5, 0.6) is 17.2 Å². The number of rotatable bonds is 8. The van der Waals surface area contributed by atoms with Crippen molar-refractivity contribution >= 4 is 39.9 Å². The van der Waals surface area contributed by atoms with Gasteiger partial charge in [-0.15, -0.1) is 0 Å². The number of carbonyl (C=O) groups is 3. The molecule has 42 heavy (non-hydrogen) atoms. The minimum Gasteiger partial charge on any atom is -0.507 e. The van der Waals surface area contributed by atoms with Crippen molar-refractivity contribution in [3.63, 3.8) is 0 Å². The topological polar surface area (TPSA) is 115 Å². The molecule has 2 heterocycles. The number of hydrogen-bond donors (Lipinski definition) is 1. The molecule has 4 aromatic rings. The van der Waals surface area contributed by atoms with Gasteiger partial charge in [-0.3, -0.25) is 14.5 Å². The molecule has 0 aliphatic carbocycles. The number of carbonyl (C=O) groups excluding carboxylic acids is 3. The molecular formula is C32H28N2O7S. The Labute approximate surface area is 246 Å². The Bertz CT molecular complexity index is 1680. The molecule has 0 spiro atoms. The summed E-state index contributed by atoms with van der Waals surface area (Å²) in [5.41, 5.74) is 1.05. The van der Waals surface area contributed by atoms with E-state index in [1.165, 1.54) is 12.0 Å². The number of Topliss-reactive ketones (excluding diaryl/α,β-unsaturated/α-hetero) is 1. The summed E-state index contributed by atoms with van der Waals surface area (Å²) in [7, 11) is 1.25. The van der Waals surface area contributed by atoms with Crippen LogP contribution in [-0.2, 0) is 14.3 Å². The molecule has 1 atom stereocenters. The second-order valence-corrected chi connectivity index (χ2v) is 10.7. The zero-order valence-corrected chi connectivity index (χ0v) is 24.2. The van der Waals surface area contributed by atoms with Crippen LogP contribution in [0.15, 0.2) is 84.4 Å². The summed E-state index contributed by atoms with van der Waals surface area (Å²) < 4.78 is 16.6. The zero-order chi connectivity index (χ0) is 30.0. The molecule has 1 aliphatic rings. The van der Waals surface area contributed by atoms with Crippen LogP contribution in [-0.4, -0.2) is 41.0 Å². The van der Waals surface area contributed by atoms with Crippen LogP contribution in [0.3, 0.4) is 0 Å². The van der Waals surface area contributed by atoms with E-state index < -0.39 is 23.7 Å². The number of amides is 1. The third-order valence-electron chi connectivity index (χ3n) is 6.46. The van der Waals surface area contributed by atoms with E-state index in [-0.39, 0.29) is 27.4 Å². The predicted octanol–water partition coefficient (Wildman–Crippen LogP) is 6.44. The monoisotopic (exact) mass is 584 g/mol. The Hall–Kier alpha value is -4.96. The number of aryl methyl sites for hydroxylation is 1. The van der Waals surface area contributed by atoms with Crippen molar-refractivity contribution < 1.29 is 33.7 Å². The van der Waals surface area contributed by atoms with Gasteiger partial charge < -0.3 is 19.3 Å². The number of anilines is 1. The summed E-state index contributed by atoms with van der Waals surface area (Å²) in [5, 5.41) is 11.6. The van der Waals surface area contributed by atoms with E-state index in [9.17, 15) is 19.5 Å². The fraction of sp³-hybridized carbons (Fsp3) is 0.188. The lowest BCUT2D eigenvalue weighted by atomic mass is 9.95. The molecule has 10 heteroatoms. The van der Waals surface area contributed by atoms with Gasteiger partial charge in [-0.05, 0) is 74.9 Å². The first-order valence-corrected chi connectivity index (χ1v) is 14.0. The first-order chi connectivity index (χ1) is 20.2. The highest BCUT2D eigenvalue weighted by Gasteiger charge is 2.48. The minimum absolute atomic E-state index is 0.0446. The molecule has 1 fully saturated rings. The van der Waals surface area contributed by atoms with E-state index in [0.29, 0.717) is 34.1 Å². The van der Waals surface area contributed by atoms with Gasteiger partial charge >= 0.3 is 11.9 Å². The van der Waals surface area contributed by atoms with Gasteiger partial charge in [0, 0.05) is 5.56 Å².